The number of carbonyl (C=O) groups is 2. The maximum Gasteiger partial charge on any atom is 0.274 e. The fourth-order valence-corrected chi connectivity index (χ4v) is 3.85. The van der Waals surface area contributed by atoms with Crippen LogP contribution < -0.4 is 0 Å². The minimum atomic E-state index is -0.573. The molecule has 1 spiro atoms. The molecule has 0 N–H and O–H groups in total. The van der Waals surface area contributed by atoms with Gasteiger partial charge in [0.05, 0.1) is 19.1 Å². The summed E-state index contributed by atoms with van der Waals surface area (Å²) < 4.78 is 7.58. The Morgan fingerprint density at radius 3 is 3.00 bits per heavy atom. The summed E-state index contributed by atoms with van der Waals surface area (Å²) >= 11 is 0. The smallest absolute Gasteiger partial charge is 0.274 e. The SMILES string of the molecule is Cc1cc(C(=O)N2CC[C@@]34OCCN3C(=O)C[C@@H]24)nn1C. The van der Waals surface area contributed by atoms with Crippen LogP contribution in [0, 0.1) is 6.92 Å². The Bertz CT molecular complexity index is 621. The number of ether oxygens (including phenoxy) is 1. The summed E-state index contributed by atoms with van der Waals surface area (Å²) in [6.07, 6.45) is 1.05. The van der Waals surface area contributed by atoms with Crippen molar-refractivity contribution in [2.75, 3.05) is 19.7 Å². The fraction of sp³-hybridized carbons (Fsp3) is 0.643. The number of hydrogen-bond donors (Lipinski definition) is 0. The zero-order chi connectivity index (χ0) is 14.8. The van der Waals surface area contributed by atoms with Crippen molar-refractivity contribution in [2.24, 2.45) is 7.05 Å². The Labute approximate surface area is 122 Å². The highest BCUT2D eigenvalue weighted by atomic mass is 16.5. The summed E-state index contributed by atoms with van der Waals surface area (Å²) in [5.41, 5.74) is 0.806. The molecule has 7 nitrogen and oxygen atoms in total. The molecule has 3 aliphatic heterocycles. The lowest BCUT2D eigenvalue weighted by molar-refractivity contribution is -0.136. The summed E-state index contributed by atoms with van der Waals surface area (Å²) in [6.45, 7) is 3.73. The normalized spacial score (nSPS) is 31.0. The van der Waals surface area contributed by atoms with Gasteiger partial charge in [-0.15, -0.1) is 0 Å². The predicted molar refractivity (Wildman–Crippen MR) is 72.4 cm³/mol. The van der Waals surface area contributed by atoms with Crippen molar-refractivity contribution in [3.05, 3.63) is 17.5 Å². The third-order valence-corrected chi connectivity index (χ3v) is 4.99. The molecule has 0 aromatic carbocycles. The van der Waals surface area contributed by atoms with Gasteiger partial charge < -0.3 is 14.5 Å². The van der Waals surface area contributed by atoms with Gasteiger partial charge in [-0.2, -0.15) is 5.10 Å². The summed E-state index contributed by atoms with van der Waals surface area (Å²) in [6, 6.07) is 1.61. The second kappa shape index (κ2) is 4.07. The molecule has 21 heavy (non-hydrogen) atoms. The molecular formula is C14H18N4O3. The highest BCUT2D eigenvalue weighted by Crippen LogP contribution is 2.45. The van der Waals surface area contributed by atoms with E-state index in [0.29, 0.717) is 38.2 Å². The largest absolute Gasteiger partial charge is 0.351 e. The van der Waals surface area contributed by atoms with Crippen LogP contribution in [0.15, 0.2) is 6.07 Å². The molecule has 4 rings (SSSR count). The Morgan fingerprint density at radius 1 is 1.48 bits per heavy atom. The molecule has 0 unspecified atom stereocenters. The van der Waals surface area contributed by atoms with E-state index < -0.39 is 5.72 Å². The van der Waals surface area contributed by atoms with E-state index in [1.54, 1.807) is 15.6 Å². The molecule has 0 bridgehead atoms. The van der Waals surface area contributed by atoms with Crippen LogP contribution in [0.4, 0.5) is 0 Å². The lowest BCUT2D eigenvalue weighted by Crippen LogP contribution is -2.48. The first-order chi connectivity index (χ1) is 10.0. The second-order valence-electron chi connectivity index (χ2n) is 6.00. The standard InChI is InChI=1S/C14H18N4O3/c1-9-7-10(15-16(9)2)13(20)17-4-3-14-11(17)8-12(19)18(14)5-6-21-14/h7,11H,3-6,8H2,1-2H3/t11-,14+/m1/s1. The number of rotatable bonds is 1. The second-order valence-corrected chi connectivity index (χ2v) is 6.00. The van der Waals surface area contributed by atoms with Gasteiger partial charge in [0, 0.05) is 32.3 Å². The van der Waals surface area contributed by atoms with E-state index in [0.717, 1.165) is 5.69 Å². The van der Waals surface area contributed by atoms with Gasteiger partial charge in [-0.05, 0) is 13.0 Å². The van der Waals surface area contributed by atoms with Gasteiger partial charge in [0.25, 0.3) is 5.91 Å². The zero-order valence-corrected chi connectivity index (χ0v) is 12.2. The number of hydrogen-bond acceptors (Lipinski definition) is 4. The van der Waals surface area contributed by atoms with Crippen molar-refractivity contribution < 1.29 is 14.3 Å². The van der Waals surface area contributed by atoms with E-state index >= 15 is 0 Å². The van der Waals surface area contributed by atoms with E-state index in [4.69, 9.17) is 4.74 Å². The van der Waals surface area contributed by atoms with Gasteiger partial charge in [-0.25, -0.2) is 0 Å². The average molecular weight is 290 g/mol. The number of nitrogens with zero attached hydrogens (tertiary/aromatic N) is 4. The molecule has 7 heteroatoms. The molecule has 3 aliphatic rings. The van der Waals surface area contributed by atoms with Crippen molar-refractivity contribution in [1.82, 2.24) is 19.6 Å². The maximum atomic E-state index is 12.7. The first-order valence-electron chi connectivity index (χ1n) is 7.29. The number of likely N-dealkylation sites (tertiary alicyclic amines) is 1. The van der Waals surface area contributed by atoms with E-state index in [1.807, 2.05) is 18.9 Å². The van der Waals surface area contributed by atoms with Crippen LogP contribution in [0.3, 0.4) is 0 Å². The van der Waals surface area contributed by atoms with Gasteiger partial charge >= 0.3 is 0 Å². The minimum Gasteiger partial charge on any atom is -0.351 e. The predicted octanol–water partition coefficient (Wildman–Crippen LogP) is -0.0982. The van der Waals surface area contributed by atoms with Crippen molar-refractivity contribution in [3.63, 3.8) is 0 Å². The number of aromatic nitrogens is 2. The summed E-state index contributed by atoms with van der Waals surface area (Å²) in [4.78, 5) is 28.4. The quantitative estimate of drug-likeness (QED) is 0.724. The molecule has 1 aromatic heterocycles. The molecule has 4 heterocycles. The van der Waals surface area contributed by atoms with Crippen molar-refractivity contribution in [2.45, 2.75) is 31.5 Å². The molecule has 3 fully saturated rings. The van der Waals surface area contributed by atoms with E-state index in [9.17, 15) is 9.59 Å². The van der Waals surface area contributed by atoms with Crippen LogP contribution >= 0.6 is 0 Å². The van der Waals surface area contributed by atoms with E-state index in [2.05, 4.69) is 5.10 Å². The van der Waals surface area contributed by atoms with Crippen molar-refractivity contribution in [1.29, 1.82) is 0 Å². The minimum absolute atomic E-state index is 0.0900. The van der Waals surface area contributed by atoms with Gasteiger partial charge in [0.2, 0.25) is 5.91 Å². The number of aryl methyl sites for hydroxylation is 2. The van der Waals surface area contributed by atoms with Gasteiger partial charge in [-0.1, -0.05) is 0 Å². The number of carbonyl (C=O) groups excluding carboxylic acids is 2. The summed E-state index contributed by atoms with van der Waals surface area (Å²) in [7, 11) is 1.82. The summed E-state index contributed by atoms with van der Waals surface area (Å²) in [5.74, 6) is -0.0158. The van der Waals surface area contributed by atoms with Crippen molar-refractivity contribution in [3.8, 4) is 0 Å². The Balaban J connectivity index is 1.65. The lowest BCUT2D eigenvalue weighted by atomic mass is 10.1. The van der Waals surface area contributed by atoms with E-state index in [1.165, 1.54) is 0 Å². The first kappa shape index (κ1) is 12.8. The van der Waals surface area contributed by atoms with Gasteiger partial charge in [-0.3, -0.25) is 14.3 Å². The molecular weight excluding hydrogens is 272 g/mol. The topological polar surface area (TPSA) is 67.7 Å². The molecule has 3 saturated heterocycles. The fourth-order valence-electron chi connectivity index (χ4n) is 3.85. The Hall–Kier alpha value is -1.89. The molecule has 112 valence electrons. The van der Waals surface area contributed by atoms with Crippen LogP contribution in [0.2, 0.25) is 0 Å². The maximum absolute atomic E-state index is 12.7. The molecule has 1 aromatic rings. The third kappa shape index (κ3) is 1.55. The molecule has 0 radical (unpaired) electrons. The Kier molecular flexibility index (Phi) is 2.48. The first-order valence-corrected chi connectivity index (χ1v) is 7.29. The molecule has 2 atom stereocenters. The number of amides is 2. The third-order valence-electron chi connectivity index (χ3n) is 4.99. The van der Waals surface area contributed by atoms with Crippen LogP contribution in [0.1, 0.15) is 29.0 Å². The van der Waals surface area contributed by atoms with Crippen LogP contribution in [0.25, 0.3) is 0 Å². The highest BCUT2D eigenvalue weighted by Gasteiger charge is 2.63. The van der Waals surface area contributed by atoms with Crippen LogP contribution in [-0.2, 0) is 16.6 Å². The average Bonchev–Trinajstić information content (AvgIpc) is 3.14. The molecule has 0 aliphatic carbocycles. The van der Waals surface area contributed by atoms with Crippen molar-refractivity contribution >= 4 is 11.8 Å². The van der Waals surface area contributed by atoms with E-state index in [-0.39, 0.29) is 17.9 Å². The van der Waals surface area contributed by atoms with Crippen LogP contribution in [0.5, 0.6) is 0 Å². The molecule has 0 saturated carbocycles. The molecule has 2 amide bonds. The lowest BCUT2D eigenvalue weighted by Gasteiger charge is -2.31. The highest BCUT2D eigenvalue weighted by molar-refractivity contribution is 5.94. The zero-order valence-electron chi connectivity index (χ0n) is 12.2. The Morgan fingerprint density at radius 2 is 2.29 bits per heavy atom. The van der Waals surface area contributed by atoms with Gasteiger partial charge in [0.1, 0.15) is 0 Å². The van der Waals surface area contributed by atoms with Gasteiger partial charge in [0.15, 0.2) is 11.4 Å². The monoisotopic (exact) mass is 290 g/mol. The van der Waals surface area contributed by atoms with Crippen LogP contribution in [-0.4, -0.2) is 62.9 Å². The summed E-state index contributed by atoms with van der Waals surface area (Å²) in [5, 5.41) is 4.26.